The maximum atomic E-state index is 15.0. The van der Waals surface area contributed by atoms with E-state index in [1.54, 1.807) is 6.07 Å². The maximum absolute atomic E-state index is 15.0. The van der Waals surface area contributed by atoms with Gasteiger partial charge in [-0.1, -0.05) is 35.9 Å². The van der Waals surface area contributed by atoms with Crippen LogP contribution in [-0.2, 0) is 34.8 Å². The Balaban J connectivity index is 1.49. The van der Waals surface area contributed by atoms with E-state index in [1.165, 1.54) is 60.3 Å². The van der Waals surface area contributed by atoms with Gasteiger partial charge in [0.25, 0.3) is 18.4 Å². The molecule has 0 spiro atoms. The standard InChI is InChI=1S/C38H28ClF7N8O4S/c1-52-33-29(10-9-24(39)32(33)36(50-52)51-59(2,57)58)54-37(48-26-14-19(7-8-23(26)38(54)56)22-5-3-4-6-25(22)42)28(13-18-11-20(40)15-21(41)12-18)47-31(55)17-53-30(35(45)46)16-27(49-53)34(43)44/h3-12,14-16,28,34-35H,13,17H2,1-2H3,(H,47,55)(H,50,51). The minimum Gasteiger partial charge on any atom is -0.344 e. The van der Waals surface area contributed by atoms with Gasteiger partial charge in [-0.2, -0.15) is 10.2 Å². The van der Waals surface area contributed by atoms with Gasteiger partial charge in [0.15, 0.2) is 5.82 Å². The van der Waals surface area contributed by atoms with Crippen LogP contribution in [0.2, 0.25) is 5.02 Å². The van der Waals surface area contributed by atoms with Gasteiger partial charge in [-0.05, 0) is 59.7 Å². The van der Waals surface area contributed by atoms with E-state index >= 15 is 0 Å². The predicted octanol–water partition coefficient (Wildman–Crippen LogP) is 7.55. The third-order valence-electron chi connectivity index (χ3n) is 9.10. The molecule has 3 heterocycles. The molecule has 306 valence electrons. The van der Waals surface area contributed by atoms with E-state index in [-0.39, 0.29) is 60.8 Å². The topological polar surface area (TPSA) is 146 Å². The first-order valence-corrected chi connectivity index (χ1v) is 19.5. The number of sulfonamides is 1. The Hall–Kier alpha value is -6.28. The average molecular weight is 861 g/mol. The monoisotopic (exact) mass is 860 g/mol. The minimum atomic E-state index is -3.93. The molecule has 12 nitrogen and oxygen atoms in total. The van der Waals surface area contributed by atoms with Gasteiger partial charge in [0.2, 0.25) is 15.9 Å². The first-order valence-electron chi connectivity index (χ1n) is 17.2. The van der Waals surface area contributed by atoms with E-state index in [0.29, 0.717) is 16.8 Å². The maximum Gasteiger partial charge on any atom is 0.282 e. The molecular weight excluding hydrogens is 833 g/mol. The lowest BCUT2D eigenvalue weighted by molar-refractivity contribution is -0.122. The quantitative estimate of drug-likeness (QED) is 0.121. The van der Waals surface area contributed by atoms with Crippen molar-refractivity contribution in [2.24, 2.45) is 7.05 Å². The third-order valence-corrected chi connectivity index (χ3v) is 9.98. The Morgan fingerprint density at radius 3 is 2.27 bits per heavy atom. The number of halogens is 8. The number of anilines is 1. The molecule has 0 aliphatic rings. The van der Waals surface area contributed by atoms with Gasteiger partial charge in [-0.25, -0.2) is 44.1 Å². The smallest absolute Gasteiger partial charge is 0.282 e. The van der Waals surface area contributed by atoms with E-state index in [0.717, 1.165) is 23.0 Å². The molecule has 0 fully saturated rings. The average Bonchev–Trinajstić information content (AvgIpc) is 3.72. The number of carbonyl (C=O) groups is 1. The number of hydrogen-bond acceptors (Lipinski definition) is 7. The van der Waals surface area contributed by atoms with Crippen molar-refractivity contribution in [1.82, 2.24) is 34.4 Å². The molecule has 0 aliphatic carbocycles. The molecule has 0 saturated heterocycles. The first kappa shape index (κ1) is 40.9. The summed E-state index contributed by atoms with van der Waals surface area (Å²) in [6, 6.07) is 14.0. The summed E-state index contributed by atoms with van der Waals surface area (Å²) < 4.78 is 128. The van der Waals surface area contributed by atoms with Crippen LogP contribution in [0, 0.1) is 17.5 Å². The molecule has 0 aliphatic heterocycles. The van der Waals surface area contributed by atoms with E-state index in [2.05, 4.69) is 20.2 Å². The molecular formula is C38H28ClF7N8O4S. The van der Waals surface area contributed by atoms with Gasteiger partial charge in [0.05, 0.1) is 44.8 Å². The van der Waals surface area contributed by atoms with Gasteiger partial charge in [0, 0.05) is 25.1 Å². The molecule has 59 heavy (non-hydrogen) atoms. The number of carbonyl (C=O) groups excluding carboxylic acids is 1. The molecule has 4 aromatic carbocycles. The van der Waals surface area contributed by atoms with Crippen LogP contribution in [0.5, 0.6) is 0 Å². The van der Waals surface area contributed by atoms with Gasteiger partial charge >= 0.3 is 0 Å². The van der Waals surface area contributed by atoms with Crippen LogP contribution in [0.4, 0.5) is 36.6 Å². The second kappa shape index (κ2) is 15.8. The number of aromatic nitrogens is 6. The summed E-state index contributed by atoms with van der Waals surface area (Å²) in [7, 11) is -2.51. The number of rotatable bonds is 12. The number of aryl methyl sites for hydroxylation is 1. The van der Waals surface area contributed by atoms with E-state index < -0.39 is 82.2 Å². The van der Waals surface area contributed by atoms with E-state index in [9.17, 15) is 48.7 Å². The molecule has 1 atom stereocenters. The highest BCUT2D eigenvalue weighted by Crippen LogP contribution is 2.36. The van der Waals surface area contributed by atoms with E-state index in [4.69, 9.17) is 16.6 Å². The second-order valence-electron chi connectivity index (χ2n) is 13.3. The van der Waals surface area contributed by atoms with Crippen molar-refractivity contribution in [3.63, 3.8) is 0 Å². The highest BCUT2D eigenvalue weighted by Gasteiger charge is 2.29. The van der Waals surface area contributed by atoms with Gasteiger partial charge in [-0.15, -0.1) is 0 Å². The van der Waals surface area contributed by atoms with Crippen molar-refractivity contribution in [2.45, 2.75) is 31.9 Å². The third kappa shape index (κ3) is 8.35. The molecule has 3 aromatic heterocycles. The summed E-state index contributed by atoms with van der Waals surface area (Å²) in [5.41, 5.74) is -2.52. The Morgan fingerprint density at radius 2 is 1.61 bits per heavy atom. The van der Waals surface area contributed by atoms with Crippen LogP contribution in [0.1, 0.15) is 41.7 Å². The summed E-state index contributed by atoms with van der Waals surface area (Å²) in [6.07, 6.45) is -6.22. The zero-order chi connectivity index (χ0) is 42.5. The van der Waals surface area contributed by atoms with Crippen LogP contribution in [-0.4, -0.2) is 49.7 Å². The van der Waals surface area contributed by atoms with Gasteiger partial charge in [-0.3, -0.25) is 28.2 Å². The fraction of sp³-hybridized carbons (Fsp3) is 0.184. The zero-order valence-electron chi connectivity index (χ0n) is 30.4. The SMILES string of the molecule is Cn1nc(NS(C)(=O)=O)c2c(Cl)ccc(-n3c(C(Cc4cc(F)cc(F)c4)NC(=O)Cn4nc(C(F)F)cc4C(F)F)nc4cc(-c5ccccc5F)ccc4c3=O)c21. The molecule has 7 aromatic rings. The molecule has 7 rings (SSSR count). The van der Waals surface area contributed by atoms with Crippen LogP contribution in [0.15, 0.2) is 83.7 Å². The van der Waals surface area contributed by atoms with Gasteiger partial charge < -0.3 is 5.32 Å². The normalized spacial score (nSPS) is 12.5. The van der Waals surface area contributed by atoms with Crippen molar-refractivity contribution in [3.8, 4) is 16.8 Å². The van der Waals surface area contributed by atoms with Crippen LogP contribution >= 0.6 is 11.6 Å². The Labute approximate surface area is 333 Å². The summed E-state index contributed by atoms with van der Waals surface area (Å²) in [4.78, 5) is 33.4. The molecule has 0 saturated carbocycles. The highest BCUT2D eigenvalue weighted by molar-refractivity contribution is 7.92. The van der Waals surface area contributed by atoms with Gasteiger partial charge in [0.1, 0.15) is 41.2 Å². The summed E-state index contributed by atoms with van der Waals surface area (Å²) in [5.74, 6) is -4.31. The number of amides is 1. The lowest BCUT2D eigenvalue weighted by Crippen LogP contribution is -2.37. The van der Waals surface area contributed by atoms with Crippen LogP contribution in [0.3, 0.4) is 0 Å². The van der Waals surface area contributed by atoms with Crippen molar-refractivity contribution in [1.29, 1.82) is 0 Å². The first-order chi connectivity index (χ1) is 27.9. The zero-order valence-corrected chi connectivity index (χ0v) is 32.0. The summed E-state index contributed by atoms with van der Waals surface area (Å²) in [5, 5.41) is 10.2. The fourth-order valence-electron chi connectivity index (χ4n) is 6.73. The molecule has 1 amide bonds. The fourth-order valence-corrected chi connectivity index (χ4v) is 7.46. The lowest BCUT2D eigenvalue weighted by Gasteiger charge is -2.24. The number of benzene rings is 4. The summed E-state index contributed by atoms with van der Waals surface area (Å²) >= 11 is 6.57. The largest absolute Gasteiger partial charge is 0.344 e. The molecule has 0 bridgehead atoms. The molecule has 1 unspecified atom stereocenters. The van der Waals surface area contributed by atoms with Crippen molar-refractivity contribution < 1.29 is 43.9 Å². The molecule has 21 heteroatoms. The Morgan fingerprint density at radius 1 is 0.898 bits per heavy atom. The Bertz CT molecular complexity index is 2950. The number of alkyl halides is 4. The number of nitrogens with one attached hydrogen (secondary N) is 2. The van der Waals surface area contributed by atoms with Crippen LogP contribution in [0.25, 0.3) is 38.6 Å². The predicted molar refractivity (Wildman–Crippen MR) is 204 cm³/mol. The molecule has 2 N–H and O–H groups in total. The van der Waals surface area contributed by atoms with Crippen molar-refractivity contribution >= 4 is 55.2 Å². The number of nitrogens with zero attached hydrogens (tertiary/aromatic N) is 6. The van der Waals surface area contributed by atoms with Crippen LogP contribution < -0.4 is 15.6 Å². The van der Waals surface area contributed by atoms with Crippen molar-refractivity contribution in [3.05, 3.63) is 134 Å². The lowest BCUT2D eigenvalue weighted by atomic mass is 10.0. The number of hydrogen-bond donors (Lipinski definition) is 2. The number of fused-ring (bicyclic) bond motifs is 2. The summed E-state index contributed by atoms with van der Waals surface area (Å²) in [6.45, 7) is -1.05. The second-order valence-corrected chi connectivity index (χ2v) is 15.5. The van der Waals surface area contributed by atoms with E-state index in [1.807, 2.05) is 0 Å². The molecule has 0 radical (unpaired) electrons. The highest BCUT2D eigenvalue weighted by atomic mass is 35.5. The Kier molecular flexibility index (Phi) is 11.0. The minimum absolute atomic E-state index is 0.00168. The van der Waals surface area contributed by atoms with Crippen molar-refractivity contribution in [2.75, 3.05) is 11.0 Å².